The van der Waals surface area contributed by atoms with E-state index in [0.29, 0.717) is 18.3 Å². The Kier molecular flexibility index (Phi) is 5.41. The molecule has 0 N–H and O–H groups in total. The molecule has 80 valence electrons. The fourth-order valence-corrected chi connectivity index (χ4v) is 1.50. The molecule has 1 saturated carbocycles. The van der Waals surface area contributed by atoms with Gasteiger partial charge in [-0.2, -0.15) is 5.26 Å². The highest BCUT2D eigenvalue weighted by Crippen LogP contribution is 2.43. The third-order valence-corrected chi connectivity index (χ3v) is 2.98. The van der Waals surface area contributed by atoms with Crippen LogP contribution in [0.4, 0.5) is 0 Å². The number of nitrogens with zero attached hydrogens (tertiary/aromatic N) is 1. The highest BCUT2D eigenvalue weighted by molar-refractivity contribution is 7.09. The van der Waals surface area contributed by atoms with Crippen LogP contribution in [0.1, 0.15) is 26.2 Å². The molecule has 4 unspecified atom stereocenters. The van der Waals surface area contributed by atoms with Crippen molar-refractivity contribution < 1.29 is 4.52 Å². The summed E-state index contributed by atoms with van der Waals surface area (Å²) >= 11 is 0. The minimum atomic E-state index is 0.0940. The molecule has 3 heteroatoms. The number of rotatable bonds is 4. The maximum Gasteiger partial charge on any atom is 0.0772 e. The highest BCUT2D eigenvalue weighted by atomic mass is 31.0. The number of hydrogen-bond acceptors (Lipinski definition) is 2. The standard InChI is InChI=1S/C12H16NOP/c1-10(14-15)5-3-2-4-6-11-9-12(11)7-8-13/h3,5,10-12H,6-7,9,15H2,1H3/b5-3+. The van der Waals surface area contributed by atoms with Crippen LogP contribution in [-0.2, 0) is 4.52 Å². The predicted molar refractivity (Wildman–Crippen MR) is 63.6 cm³/mol. The van der Waals surface area contributed by atoms with Gasteiger partial charge < -0.3 is 4.52 Å². The highest BCUT2D eigenvalue weighted by Gasteiger charge is 2.35. The summed E-state index contributed by atoms with van der Waals surface area (Å²) in [7, 11) is 2.23. The molecule has 0 radical (unpaired) electrons. The first kappa shape index (κ1) is 12.3. The van der Waals surface area contributed by atoms with Crippen LogP contribution in [0.5, 0.6) is 0 Å². The summed E-state index contributed by atoms with van der Waals surface area (Å²) < 4.78 is 4.97. The molecule has 1 fully saturated rings. The van der Waals surface area contributed by atoms with E-state index in [4.69, 9.17) is 9.79 Å². The number of nitriles is 1. The van der Waals surface area contributed by atoms with Gasteiger partial charge in [-0.05, 0) is 37.3 Å². The van der Waals surface area contributed by atoms with E-state index in [1.54, 1.807) is 0 Å². The Labute approximate surface area is 94.0 Å². The lowest BCUT2D eigenvalue weighted by Crippen LogP contribution is -1.93. The molecule has 0 saturated heterocycles. The zero-order valence-electron chi connectivity index (χ0n) is 8.94. The molecule has 4 atom stereocenters. The summed E-state index contributed by atoms with van der Waals surface area (Å²) in [6.45, 7) is 1.95. The first-order chi connectivity index (χ1) is 7.27. The normalized spacial score (nSPS) is 25.4. The first-order valence-corrected chi connectivity index (χ1v) is 5.62. The van der Waals surface area contributed by atoms with Gasteiger partial charge in [-0.1, -0.05) is 11.8 Å². The molecular formula is C12H16NOP. The first-order valence-electron chi connectivity index (χ1n) is 5.15. The van der Waals surface area contributed by atoms with Crippen molar-refractivity contribution in [2.75, 3.05) is 0 Å². The molecule has 1 aliphatic rings. The topological polar surface area (TPSA) is 33.0 Å². The van der Waals surface area contributed by atoms with Gasteiger partial charge >= 0.3 is 0 Å². The summed E-state index contributed by atoms with van der Waals surface area (Å²) in [5.41, 5.74) is 0. The molecule has 15 heavy (non-hydrogen) atoms. The molecule has 0 aliphatic heterocycles. The second-order valence-electron chi connectivity index (χ2n) is 3.84. The molecular weight excluding hydrogens is 205 g/mol. The lowest BCUT2D eigenvalue weighted by atomic mass is 10.2. The van der Waals surface area contributed by atoms with E-state index in [0.717, 1.165) is 6.42 Å². The predicted octanol–water partition coefficient (Wildman–Crippen LogP) is 2.68. The van der Waals surface area contributed by atoms with Gasteiger partial charge in [0.05, 0.1) is 12.2 Å². The Bertz CT molecular complexity index is 321. The molecule has 1 aliphatic carbocycles. The summed E-state index contributed by atoms with van der Waals surface area (Å²) in [5, 5.41) is 8.48. The van der Waals surface area contributed by atoms with E-state index in [-0.39, 0.29) is 6.10 Å². The number of hydrogen-bond donors (Lipinski definition) is 0. The Morgan fingerprint density at radius 2 is 2.27 bits per heavy atom. The van der Waals surface area contributed by atoms with Crippen molar-refractivity contribution in [2.24, 2.45) is 11.8 Å². The Balaban J connectivity index is 2.14. The number of allylic oxidation sites excluding steroid dienone is 1. The SMILES string of the molecule is CC(/C=C/C#CCC1CC1CC#N)OP. The van der Waals surface area contributed by atoms with Gasteiger partial charge in [0.1, 0.15) is 0 Å². The van der Waals surface area contributed by atoms with Crippen molar-refractivity contribution in [1.29, 1.82) is 5.26 Å². The van der Waals surface area contributed by atoms with Crippen LogP contribution >= 0.6 is 9.47 Å². The third kappa shape index (κ3) is 4.98. The average molecular weight is 221 g/mol. The van der Waals surface area contributed by atoms with Crippen LogP contribution in [0.3, 0.4) is 0 Å². The van der Waals surface area contributed by atoms with Crippen molar-refractivity contribution in [2.45, 2.75) is 32.3 Å². The van der Waals surface area contributed by atoms with Crippen LogP contribution in [0.2, 0.25) is 0 Å². The van der Waals surface area contributed by atoms with Crippen LogP contribution in [0, 0.1) is 35.0 Å². The van der Waals surface area contributed by atoms with E-state index < -0.39 is 0 Å². The largest absolute Gasteiger partial charge is 0.359 e. The van der Waals surface area contributed by atoms with Crippen LogP contribution in [0.15, 0.2) is 12.2 Å². The van der Waals surface area contributed by atoms with Gasteiger partial charge in [-0.3, -0.25) is 0 Å². The van der Waals surface area contributed by atoms with Gasteiger partial charge in [-0.25, -0.2) is 0 Å². The van der Waals surface area contributed by atoms with E-state index in [2.05, 4.69) is 27.4 Å². The summed E-state index contributed by atoms with van der Waals surface area (Å²) in [6, 6.07) is 2.20. The maximum absolute atomic E-state index is 8.48. The van der Waals surface area contributed by atoms with Crippen LogP contribution in [0.25, 0.3) is 0 Å². The lowest BCUT2D eigenvalue weighted by Gasteiger charge is -1.98. The van der Waals surface area contributed by atoms with Crippen molar-refractivity contribution in [3.05, 3.63) is 12.2 Å². The van der Waals surface area contributed by atoms with Crippen molar-refractivity contribution in [3.8, 4) is 17.9 Å². The molecule has 0 aromatic rings. The van der Waals surface area contributed by atoms with Gasteiger partial charge in [0.2, 0.25) is 0 Å². The van der Waals surface area contributed by atoms with E-state index in [1.807, 2.05) is 19.1 Å². The lowest BCUT2D eigenvalue weighted by molar-refractivity contribution is 0.319. The van der Waals surface area contributed by atoms with Crippen molar-refractivity contribution in [1.82, 2.24) is 0 Å². The minimum Gasteiger partial charge on any atom is -0.359 e. The molecule has 1 rings (SSSR count). The van der Waals surface area contributed by atoms with Gasteiger partial charge in [0.15, 0.2) is 0 Å². The smallest absolute Gasteiger partial charge is 0.0772 e. The fraction of sp³-hybridized carbons (Fsp3) is 0.583. The average Bonchev–Trinajstić information content (AvgIpc) is 2.96. The zero-order valence-corrected chi connectivity index (χ0v) is 10.1. The molecule has 0 aromatic heterocycles. The Hall–Kier alpha value is -0.820. The zero-order chi connectivity index (χ0) is 11.1. The van der Waals surface area contributed by atoms with Crippen LogP contribution < -0.4 is 0 Å². The van der Waals surface area contributed by atoms with Gasteiger partial charge in [0.25, 0.3) is 0 Å². The van der Waals surface area contributed by atoms with Gasteiger partial charge in [-0.15, -0.1) is 0 Å². The molecule has 0 bridgehead atoms. The van der Waals surface area contributed by atoms with Gasteiger partial charge in [0, 0.05) is 22.3 Å². The third-order valence-electron chi connectivity index (χ3n) is 2.55. The molecule has 0 spiro atoms. The Morgan fingerprint density at radius 1 is 1.53 bits per heavy atom. The second-order valence-corrected chi connectivity index (χ2v) is 4.12. The Morgan fingerprint density at radius 3 is 2.93 bits per heavy atom. The molecule has 2 nitrogen and oxygen atoms in total. The van der Waals surface area contributed by atoms with Crippen molar-refractivity contribution in [3.63, 3.8) is 0 Å². The van der Waals surface area contributed by atoms with E-state index in [9.17, 15) is 0 Å². The molecule has 0 aromatic carbocycles. The summed E-state index contributed by atoms with van der Waals surface area (Å²) in [5.74, 6) is 7.37. The van der Waals surface area contributed by atoms with Crippen molar-refractivity contribution >= 4 is 9.47 Å². The quantitative estimate of drug-likeness (QED) is 0.540. The fourth-order valence-electron chi connectivity index (χ4n) is 1.41. The maximum atomic E-state index is 8.48. The summed E-state index contributed by atoms with van der Waals surface area (Å²) in [4.78, 5) is 0. The molecule has 0 heterocycles. The minimum absolute atomic E-state index is 0.0940. The molecule has 0 amide bonds. The van der Waals surface area contributed by atoms with Crippen LogP contribution in [-0.4, -0.2) is 6.10 Å². The van der Waals surface area contributed by atoms with E-state index >= 15 is 0 Å². The van der Waals surface area contributed by atoms with E-state index in [1.165, 1.54) is 6.42 Å². The monoisotopic (exact) mass is 221 g/mol. The second kappa shape index (κ2) is 6.62. The summed E-state index contributed by atoms with van der Waals surface area (Å²) in [6.07, 6.45) is 6.64.